The van der Waals surface area contributed by atoms with Crippen molar-refractivity contribution >= 4 is 27.3 Å². The van der Waals surface area contributed by atoms with Crippen LogP contribution in [0.15, 0.2) is 40.9 Å². The van der Waals surface area contributed by atoms with Crippen LogP contribution in [0, 0.1) is 13.8 Å². The summed E-state index contributed by atoms with van der Waals surface area (Å²) in [6.07, 6.45) is 0. The summed E-state index contributed by atoms with van der Waals surface area (Å²) < 4.78 is 1.06. The van der Waals surface area contributed by atoms with Crippen LogP contribution >= 0.6 is 15.9 Å². The monoisotopic (exact) mass is 332 g/mol. The molecule has 20 heavy (non-hydrogen) atoms. The second-order valence-corrected chi connectivity index (χ2v) is 6.31. The molecule has 0 aliphatic rings. The SMILES string of the molecule is Cc1cc(C)cc(N(C)c2cc(Br)ccc2C(C)N)c1. The Labute approximate surface area is 129 Å². The molecule has 0 saturated heterocycles. The molecule has 0 aliphatic heterocycles. The molecule has 1 atom stereocenters. The third kappa shape index (κ3) is 3.22. The normalized spacial score (nSPS) is 12.3. The molecule has 0 fully saturated rings. The first-order valence-electron chi connectivity index (χ1n) is 6.75. The minimum absolute atomic E-state index is 0.00598. The van der Waals surface area contributed by atoms with Crippen molar-refractivity contribution in [3.63, 3.8) is 0 Å². The Morgan fingerprint density at radius 2 is 1.65 bits per heavy atom. The van der Waals surface area contributed by atoms with Gasteiger partial charge in [0.05, 0.1) is 0 Å². The van der Waals surface area contributed by atoms with Gasteiger partial charge in [-0.25, -0.2) is 0 Å². The summed E-state index contributed by atoms with van der Waals surface area (Å²) in [6.45, 7) is 6.26. The van der Waals surface area contributed by atoms with Crippen LogP contribution in [0.25, 0.3) is 0 Å². The van der Waals surface area contributed by atoms with E-state index >= 15 is 0 Å². The average molecular weight is 333 g/mol. The molecule has 0 heterocycles. The van der Waals surface area contributed by atoms with Crippen molar-refractivity contribution in [3.05, 3.63) is 57.6 Å². The summed E-state index contributed by atoms with van der Waals surface area (Å²) in [5.74, 6) is 0. The van der Waals surface area contributed by atoms with Gasteiger partial charge in [-0.1, -0.05) is 28.1 Å². The third-order valence-corrected chi connectivity index (χ3v) is 3.93. The predicted octanol–water partition coefficient (Wildman–Crippen LogP) is 4.85. The number of hydrogen-bond acceptors (Lipinski definition) is 2. The predicted molar refractivity (Wildman–Crippen MR) is 90.7 cm³/mol. The maximum atomic E-state index is 6.10. The molecule has 2 aromatic carbocycles. The zero-order chi connectivity index (χ0) is 14.9. The fourth-order valence-electron chi connectivity index (χ4n) is 2.48. The van der Waals surface area contributed by atoms with Crippen LogP contribution in [0.4, 0.5) is 11.4 Å². The van der Waals surface area contributed by atoms with Gasteiger partial charge in [0.25, 0.3) is 0 Å². The van der Waals surface area contributed by atoms with Crippen LogP contribution in [0.3, 0.4) is 0 Å². The van der Waals surface area contributed by atoms with Gasteiger partial charge in [-0.15, -0.1) is 0 Å². The molecule has 1 unspecified atom stereocenters. The van der Waals surface area contributed by atoms with Gasteiger partial charge in [-0.05, 0) is 61.7 Å². The van der Waals surface area contributed by atoms with Crippen molar-refractivity contribution in [2.75, 3.05) is 11.9 Å². The van der Waals surface area contributed by atoms with Crippen molar-refractivity contribution in [1.29, 1.82) is 0 Å². The summed E-state index contributed by atoms with van der Waals surface area (Å²) in [6, 6.07) is 12.8. The van der Waals surface area contributed by atoms with Crippen molar-refractivity contribution in [1.82, 2.24) is 0 Å². The van der Waals surface area contributed by atoms with Crippen LogP contribution in [-0.2, 0) is 0 Å². The van der Waals surface area contributed by atoms with Gasteiger partial charge in [0, 0.05) is 28.9 Å². The molecule has 2 aromatic rings. The van der Waals surface area contributed by atoms with E-state index in [9.17, 15) is 0 Å². The maximum absolute atomic E-state index is 6.10. The molecule has 0 aliphatic carbocycles. The smallest absolute Gasteiger partial charge is 0.0467 e. The summed E-state index contributed by atoms with van der Waals surface area (Å²) in [5.41, 5.74) is 12.1. The Kier molecular flexibility index (Phi) is 4.51. The van der Waals surface area contributed by atoms with Crippen LogP contribution in [0.2, 0.25) is 0 Å². The molecule has 2 N–H and O–H groups in total. The number of nitrogens with zero attached hydrogens (tertiary/aromatic N) is 1. The number of anilines is 2. The van der Waals surface area contributed by atoms with E-state index < -0.39 is 0 Å². The van der Waals surface area contributed by atoms with Crippen molar-refractivity contribution in [3.8, 4) is 0 Å². The van der Waals surface area contributed by atoms with Gasteiger partial charge in [-0.2, -0.15) is 0 Å². The summed E-state index contributed by atoms with van der Waals surface area (Å²) in [7, 11) is 2.09. The molecule has 2 nitrogen and oxygen atoms in total. The van der Waals surface area contributed by atoms with Crippen LogP contribution in [0.1, 0.15) is 29.7 Å². The summed E-state index contributed by atoms with van der Waals surface area (Å²) >= 11 is 3.55. The topological polar surface area (TPSA) is 29.3 Å². The zero-order valence-corrected chi connectivity index (χ0v) is 14.0. The fraction of sp³-hybridized carbons (Fsp3) is 0.294. The number of benzene rings is 2. The first kappa shape index (κ1) is 15.1. The Morgan fingerprint density at radius 1 is 1.05 bits per heavy atom. The lowest BCUT2D eigenvalue weighted by molar-refractivity contribution is 0.815. The summed E-state index contributed by atoms with van der Waals surface area (Å²) in [5, 5.41) is 0. The Morgan fingerprint density at radius 3 is 2.20 bits per heavy atom. The Balaban J connectivity index is 2.52. The van der Waals surface area contributed by atoms with E-state index in [1.54, 1.807) is 0 Å². The second-order valence-electron chi connectivity index (χ2n) is 5.40. The van der Waals surface area contributed by atoms with E-state index in [0.717, 1.165) is 15.7 Å². The third-order valence-electron chi connectivity index (χ3n) is 3.44. The Hall–Kier alpha value is -1.32. The van der Waals surface area contributed by atoms with Gasteiger partial charge >= 0.3 is 0 Å². The largest absolute Gasteiger partial charge is 0.344 e. The van der Waals surface area contributed by atoms with Gasteiger partial charge in [0.2, 0.25) is 0 Å². The van der Waals surface area contributed by atoms with Crippen LogP contribution in [0.5, 0.6) is 0 Å². The van der Waals surface area contributed by atoms with Crippen molar-refractivity contribution in [2.24, 2.45) is 5.73 Å². The molecule has 0 saturated carbocycles. The van der Waals surface area contributed by atoms with E-state index in [1.165, 1.54) is 16.8 Å². The summed E-state index contributed by atoms with van der Waals surface area (Å²) in [4.78, 5) is 2.20. The standard InChI is InChI=1S/C17H21BrN2/c1-11-7-12(2)9-15(8-11)20(4)17-10-14(18)5-6-16(17)13(3)19/h5-10,13H,19H2,1-4H3. The average Bonchev–Trinajstić information content (AvgIpc) is 2.36. The highest BCUT2D eigenvalue weighted by molar-refractivity contribution is 9.10. The molecular formula is C17H21BrN2. The highest BCUT2D eigenvalue weighted by Gasteiger charge is 2.13. The maximum Gasteiger partial charge on any atom is 0.0467 e. The quantitative estimate of drug-likeness (QED) is 0.870. The first-order chi connectivity index (χ1) is 9.38. The lowest BCUT2D eigenvalue weighted by atomic mass is 10.0. The van der Waals surface area contributed by atoms with E-state index in [1.807, 2.05) is 13.0 Å². The minimum atomic E-state index is 0.00598. The van der Waals surface area contributed by atoms with Gasteiger partial charge in [0.1, 0.15) is 0 Å². The zero-order valence-electron chi connectivity index (χ0n) is 12.4. The van der Waals surface area contributed by atoms with Crippen LogP contribution in [-0.4, -0.2) is 7.05 Å². The van der Waals surface area contributed by atoms with E-state index in [-0.39, 0.29) is 6.04 Å². The van der Waals surface area contributed by atoms with Crippen LogP contribution < -0.4 is 10.6 Å². The first-order valence-corrected chi connectivity index (χ1v) is 7.55. The molecule has 0 bridgehead atoms. The number of nitrogens with two attached hydrogens (primary N) is 1. The highest BCUT2D eigenvalue weighted by Crippen LogP contribution is 2.33. The minimum Gasteiger partial charge on any atom is -0.344 e. The van der Waals surface area contributed by atoms with E-state index in [4.69, 9.17) is 5.73 Å². The fourth-order valence-corrected chi connectivity index (χ4v) is 2.82. The lowest BCUT2D eigenvalue weighted by Gasteiger charge is -2.25. The van der Waals surface area contributed by atoms with Gasteiger partial charge < -0.3 is 10.6 Å². The van der Waals surface area contributed by atoms with E-state index in [2.05, 4.69) is 72.1 Å². The molecule has 2 rings (SSSR count). The molecule has 106 valence electrons. The van der Waals surface area contributed by atoms with Gasteiger partial charge in [-0.3, -0.25) is 0 Å². The molecule has 0 amide bonds. The molecule has 0 spiro atoms. The Bertz CT molecular complexity index is 600. The van der Waals surface area contributed by atoms with Gasteiger partial charge in [0.15, 0.2) is 0 Å². The second kappa shape index (κ2) is 5.98. The number of aryl methyl sites for hydroxylation is 2. The molecular weight excluding hydrogens is 312 g/mol. The number of hydrogen-bond donors (Lipinski definition) is 1. The molecule has 0 aromatic heterocycles. The number of halogens is 1. The van der Waals surface area contributed by atoms with E-state index in [0.29, 0.717) is 0 Å². The highest BCUT2D eigenvalue weighted by atomic mass is 79.9. The molecule has 0 radical (unpaired) electrons. The lowest BCUT2D eigenvalue weighted by Crippen LogP contribution is -2.16. The van der Waals surface area contributed by atoms with Crippen molar-refractivity contribution < 1.29 is 0 Å². The van der Waals surface area contributed by atoms with Crippen molar-refractivity contribution in [2.45, 2.75) is 26.8 Å². The number of rotatable bonds is 3. The molecule has 3 heteroatoms.